The second-order valence-corrected chi connectivity index (χ2v) is 10.4. The Labute approximate surface area is 217 Å². The van der Waals surface area contributed by atoms with E-state index in [0.29, 0.717) is 19.7 Å². The standard InChI is InChI=1S/C29H33ClN4O2/c1-17-13-23(14-18(2)27(17)30)36-12-8-11-33-16-19(3)34-25(29(33)35)15-22-9-7-10-24(28(22)34)26-20(4)31-32(6)21(26)5/h7,9-10,13-15,19H,8,11-12,16H2,1-6H3. The molecule has 5 rings (SSSR count). The van der Waals surface area contributed by atoms with Crippen LogP contribution in [-0.4, -0.2) is 44.9 Å². The molecular weight excluding hydrogens is 472 g/mol. The van der Waals surface area contributed by atoms with Crippen molar-refractivity contribution in [2.24, 2.45) is 7.05 Å². The molecule has 188 valence electrons. The van der Waals surface area contributed by atoms with Crippen LogP contribution in [0.5, 0.6) is 5.75 Å². The third-order valence-electron chi connectivity index (χ3n) is 7.32. The molecule has 1 aliphatic rings. The van der Waals surface area contributed by atoms with Crippen molar-refractivity contribution in [3.8, 4) is 16.9 Å². The van der Waals surface area contributed by atoms with Gasteiger partial charge in [0.1, 0.15) is 11.4 Å². The molecular formula is C29H33ClN4O2. The van der Waals surface area contributed by atoms with E-state index in [1.54, 1.807) is 0 Å². The fourth-order valence-electron chi connectivity index (χ4n) is 5.54. The van der Waals surface area contributed by atoms with Crippen LogP contribution in [0.3, 0.4) is 0 Å². The number of fused-ring (bicyclic) bond motifs is 3. The number of rotatable bonds is 6. The Morgan fingerprint density at radius 1 is 1.11 bits per heavy atom. The van der Waals surface area contributed by atoms with Gasteiger partial charge in [-0.2, -0.15) is 5.10 Å². The molecule has 4 aromatic rings. The third-order valence-corrected chi connectivity index (χ3v) is 7.92. The van der Waals surface area contributed by atoms with Gasteiger partial charge in [0.2, 0.25) is 0 Å². The maximum Gasteiger partial charge on any atom is 0.270 e. The summed E-state index contributed by atoms with van der Waals surface area (Å²) in [6.07, 6.45) is 0.763. The molecule has 0 fully saturated rings. The first-order valence-corrected chi connectivity index (χ1v) is 12.9. The van der Waals surface area contributed by atoms with Crippen molar-refractivity contribution in [1.82, 2.24) is 19.2 Å². The van der Waals surface area contributed by atoms with Crippen LogP contribution in [0.25, 0.3) is 22.0 Å². The molecule has 7 heteroatoms. The minimum absolute atomic E-state index is 0.0769. The van der Waals surface area contributed by atoms with Crippen LogP contribution >= 0.6 is 11.6 Å². The topological polar surface area (TPSA) is 52.3 Å². The molecule has 1 unspecified atom stereocenters. The van der Waals surface area contributed by atoms with Gasteiger partial charge in [-0.3, -0.25) is 9.48 Å². The fraction of sp³-hybridized carbons (Fsp3) is 0.379. The van der Waals surface area contributed by atoms with Crippen molar-refractivity contribution in [2.45, 2.75) is 47.1 Å². The number of aryl methyl sites for hydroxylation is 4. The smallest absolute Gasteiger partial charge is 0.270 e. The number of hydrogen-bond acceptors (Lipinski definition) is 3. The molecule has 0 saturated heterocycles. The number of carbonyl (C=O) groups excluding carboxylic acids is 1. The first kappa shape index (κ1) is 24.4. The highest BCUT2D eigenvalue weighted by Gasteiger charge is 2.31. The lowest BCUT2D eigenvalue weighted by Gasteiger charge is -2.33. The normalized spacial score (nSPS) is 15.6. The second kappa shape index (κ2) is 9.32. The van der Waals surface area contributed by atoms with Gasteiger partial charge < -0.3 is 14.2 Å². The average molecular weight is 505 g/mol. The van der Waals surface area contributed by atoms with Gasteiger partial charge >= 0.3 is 0 Å². The van der Waals surface area contributed by atoms with E-state index in [-0.39, 0.29) is 11.9 Å². The summed E-state index contributed by atoms with van der Waals surface area (Å²) in [6.45, 7) is 12.2. The van der Waals surface area contributed by atoms with Gasteiger partial charge in [-0.05, 0) is 70.4 Å². The zero-order valence-electron chi connectivity index (χ0n) is 21.9. The van der Waals surface area contributed by atoms with E-state index in [0.717, 1.165) is 67.4 Å². The highest BCUT2D eigenvalue weighted by molar-refractivity contribution is 6.32. The second-order valence-electron chi connectivity index (χ2n) is 9.99. The Morgan fingerprint density at radius 2 is 1.83 bits per heavy atom. The Hall–Kier alpha value is -3.25. The number of halogens is 1. The van der Waals surface area contributed by atoms with E-state index < -0.39 is 0 Å². The van der Waals surface area contributed by atoms with Gasteiger partial charge in [0.05, 0.1) is 17.8 Å². The third kappa shape index (κ3) is 4.07. The van der Waals surface area contributed by atoms with Crippen molar-refractivity contribution in [3.05, 3.63) is 69.6 Å². The van der Waals surface area contributed by atoms with Crippen LogP contribution in [0.4, 0.5) is 0 Å². The molecule has 2 aromatic carbocycles. The zero-order chi connectivity index (χ0) is 25.7. The summed E-state index contributed by atoms with van der Waals surface area (Å²) in [6, 6.07) is 12.4. The number of benzene rings is 2. The van der Waals surface area contributed by atoms with E-state index >= 15 is 0 Å². The molecule has 1 amide bonds. The van der Waals surface area contributed by atoms with Gasteiger partial charge in [-0.25, -0.2) is 0 Å². The number of aromatic nitrogens is 3. The first-order chi connectivity index (χ1) is 17.2. The molecule has 0 spiro atoms. The van der Waals surface area contributed by atoms with Crippen LogP contribution < -0.4 is 4.74 Å². The average Bonchev–Trinajstić information content (AvgIpc) is 3.35. The molecule has 36 heavy (non-hydrogen) atoms. The minimum Gasteiger partial charge on any atom is -0.494 e. The Bertz CT molecular complexity index is 1460. The largest absolute Gasteiger partial charge is 0.494 e. The molecule has 1 aliphatic heterocycles. The van der Waals surface area contributed by atoms with Gasteiger partial charge in [0.15, 0.2) is 0 Å². The van der Waals surface area contributed by atoms with Gasteiger partial charge in [0, 0.05) is 53.4 Å². The van der Waals surface area contributed by atoms with Crippen molar-refractivity contribution in [3.63, 3.8) is 0 Å². The minimum atomic E-state index is 0.0769. The number of ether oxygens (including phenoxy) is 1. The number of amides is 1. The van der Waals surface area contributed by atoms with E-state index in [2.05, 4.69) is 41.7 Å². The number of carbonyl (C=O) groups is 1. The lowest BCUT2D eigenvalue weighted by molar-refractivity contribution is 0.0670. The SMILES string of the molecule is Cc1cc(OCCCN2CC(C)n3c(cc4cccc(-c5c(C)nn(C)c5C)c43)C2=O)cc(C)c1Cl. The Balaban J connectivity index is 1.37. The molecule has 1 atom stereocenters. The van der Waals surface area contributed by atoms with Crippen molar-refractivity contribution in [2.75, 3.05) is 19.7 Å². The van der Waals surface area contributed by atoms with Crippen LogP contribution in [0.1, 0.15) is 52.4 Å². The molecule has 0 radical (unpaired) electrons. The monoisotopic (exact) mass is 504 g/mol. The Kier molecular flexibility index (Phi) is 6.33. The van der Waals surface area contributed by atoms with Gasteiger partial charge in [-0.1, -0.05) is 29.8 Å². The molecule has 0 saturated carbocycles. The van der Waals surface area contributed by atoms with Gasteiger partial charge in [-0.15, -0.1) is 0 Å². The summed E-state index contributed by atoms with van der Waals surface area (Å²) in [5, 5.41) is 6.49. The zero-order valence-corrected chi connectivity index (χ0v) is 22.6. The maximum absolute atomic E-state index is 13.5. The van der Waals surface area contributed by atoms with Crippen LogP contribution in [-0.2, 0) is 7.05 Å². The first-order valence-electron chi connectivity index (χ1n) is 12.5. The van der Waals surface area contributed by atoms with Crippen molar-refractivity contribution in [1.29, 1.82) is 0 Å². The fourth-order valence-corrected chi connectivity index (χ4v) is 5.65. The summed E-state index contributed by atoms with van der Waals surface area (Å²) in [7, 11) is 1.97. The summed E-state index contributed by atoms with van der Waals surface area (Å²) >= 11 is 6.27. The summed E-state index contributed by atoms with van der Waals surface area (Å²) in [4.78, 5) is 15.5. The summed E-state index contributed by atoms with van der Waals surface area (Å²) in [5.41, 5.74) is 8.29. The number of nitrogens with zero attached hydrogens (tertiary/aromatic N) is 4. The molecule has 6 nitrogen and oxygen atoms in total. The highest BCUT2D eigenvalue weighted by atomic mass is 35.5. The van der Waals surface area contributed by atoms with Crippen LogP contribution in [0, 0.1) is 27.7 Å². The highest BCUT2D eigenvalue weighted by Crippen LogP contribution is 2.38. The van der Waals surface area contributed by atoms with Crippen molar-refractivity contribution < 1.29 is 9.53 Å². The molecule has 0 N–H and O–H groups in total. The van der Waals surface area contributed by atoms with Crippen molar-refractivity contribution >= 4 is 28.4 Å². The Morgan fingerprint density at radius 3 is 2.50 bits per heavy atom. The van der Waals surface area contributed by atoms with E-state index in [4.69, 9.17) is 16.3 Å². The summed E-state index contributed by atoms with van der Waals surface area (Å²) in [5.74, 6) is 0.898. The van der Waals surface area contributed by atoms with E-state index in [1.165, 1.54) is 0 Å². The lowest BCUT2D eigenvalue weighted by atomic mass is 10.0. The predicted octanol–water partition coefficient (Wildman–Crippen LogP) is 6.41. The predicted molar refractivity (Wildman–Crippen MR) is 145 cm³/mol. The van der Waals surface area contributed by atoms with E-state index in [9.17, 15) is 4.79 Å². The van der Waals surface area contributed by atoms with E-state index in [1.807, 2.05) is 55.6 Å². The maximum atomic E-state index is 13.5. The molecule has 0 aliphatic carbocycles. The lowest BCUT2D eigenvalue weighted by Crippen LogP contribution is -2.42. The molecule has 0 bridgehead atoms. The number of hydrogen-bond donors (Lipinski definition) is 0. The molecule has 2 aromatic heterocycles. The van der Waals surface area contributed by atoms with Crippen LogP contribution in [0.15, 0.2) is 36.4 Å². The quantitative estimate of drug-likeness (QED) is 0.285. The molecule has 3 heterocycles. The van der Waals surface area contributed by atoms with Gasteiger partial charge in [0.25, 0.3) is 5.91 Å². The van der Waals surface area contributed by atoms with Crippen LogP contribution in [0.2, 0.25) is 5.02 Å². The summed E-state index contributed by atoms with van der Waals surface area (Å²) < 4.78 is 10.1. The number of para-hydroxylation sites is 1.